The van der Waals surface area contributed by atoms with Crippen LogP contribution in [0.15, 0.2) is 59.7 Å². The van der Waals surface area contributed by atoms with Crippen LogP contribution in [0, 0.1) is 0 Å². The highest BCUT2D eigenvalue weighted by molar-refractivity contribution is 6.17. The summed E-state index contributed by atoms with van der Waals surface area (Å²) in [7, 11) is 0. The van der Waals surface area contributed by atoms with Gasteiger partial charge in [-0.15, -0.1) is 11.6 Å². The maximum absolute atomic E-state index is 6.02. The summed E-state index contributed by atoms with van der Waals surface area (Å²) in [4.78, 5) is 9.57. The fraction of sp³-hybridized carbons (Fsp3) is 0.273. The van der Waals surface area contributed by atoms with Gasteiger partial charge in [0, 0.05) is 22.9 Å². The lowest BCUT2D eigenvalue weighted by Gasteiger charge is -2.24. The van der Waals surface area contributed by atoms with Crippen LogP contribution >= 0.6 is 11.6 Å². The van der Waals surface area contributed by atoms with Crippen LogP contribution in [-0.2, 0) is 27.7 Å². The van der Waals surface area contributed by atoms with E-state index in [-0.39, 0.29) is 0 Å². The van der Waals surface area contributed by atoms with Gasteiger partial charge in [-0.25, -0.2) is 4.98 Å². The number of alkyl halides is 1. The van der Waals surface area contributed by atoms with Crippen LogP contribution < -0.4 is 0 Å². The molecule has 2 aliphatic heterocycles. The first-order chi connectivity index (χ1) is 13.7. The fourth-order valence-electron chi connectivity index (χ4n) is 3.83. The molecule has 142 valence electrons. The third kappa shape index (κ3) is 2.87. The van der Waals surface area contributed by atoms with E-state index >= 15 is 0 Å². The van der Waals surface area contributed by atoms with Gasteiger partial charge < -0.3 is 14.0 Å². The van der Waals surface area contributed by atoms with Crippen molar-refractivity contribution >= 4 is 17.3 Å². The minimum Gasteiger partial charge on any atom is -0.344 e. The lowest BCUT2D eigenvalue weighted by Crippen LogP contribution is -2.23. The molecule has 0 aliphatic carbocycles. The molecular formula is C22H20ClN3O2. The maximum atomic E-state index is 6.02. The largest absolute Gasteiger partial charge is 0.344 e. The number of aromatic nitrogens is 2. The minimum absolute atomic E-state index is 0.377. The van der Waals surface area contributed by atoms with Crippen molar-refractivity contribution in [1.29, 1.82) is 0 Å². The van der Waals surface area contributed by atoms with Crippen molar-refractivity contribution in [2.24, 2.45) is 4.99 Å². The molecule has 5 rings (SSSR count). The average molecular weight is 394 g/mol. The van der Waals surface area contributed by atoms with Crippen LogP contribution in [0.4, 0.5) is 0 Å². The van der Waals surface area contributed by atoms with Crippen LogP contribution in [-0.4, -0.2) is 28.5 Å². The van der Waals surface area contributed by atoms with E-state index in [0.717, 1.165) is 39.6 Å². The van der Waals surface area contributed by atoms with Crippen molar-refractivity contribution in [3.05, 3.63) is 82.9 Å². The first kappa shape index (κ1) is 17.6. The van der Waals surface area contributed by atoms with E-state index in [1.165, 1.54) is 0 Å². The van der Waals surface area contributed by atoms with Crippen molar-refractivity contribution in [2.45, 2.75) is 25.1 Å². The minimum atomic E-state index is -0.734. The molecule has 1 aromatic heterocycles. The second kappa shape index (κ2) is 6.85. The van der Waals surface area contributed by atoms with E-state index in [1.54, 1.807) is 0 Å². The Morgan fingerprint density at radius 1 is 1.11 bits per heavy atom. The second-order valence-electron chi connectivity index (χ2n) is 7.06. The summed E-state index contributed by atoms with van der Waals surface area (Å²) < 4.78 is 13.9. The van der Waals surface area contributed by atoms with Gasteiger partial charge in [0.15, 0.2) is 5.79 Å². The van der Waals surface area contributed by atoms with Gasteiger partial charge in [-0.2, -0.15) is 0 Å². The van der Waals surface area contributed by atoms with Gasteiger partial charge in [0.1, 0.15) is 5.82 Å². The van der Waals surface area contributed by atoms with Crippen molar-refractivity contribution < 1.29 is 9.47 Å². The Morgan fingerprint density at radius 2 is 1.89 bits per heavy atom. The molecule has 2 aromatic carbocycles. The van der Waals surface area contributed by atoms with E-state index < -0.39 is 5.79 Å². The second-order valence-corrected chi connectivity index (χ2v) is 7.32. The van der Waals surface area contributed by atoms with Gasteiger partial charge in [0.05, 0.1) is 42.7 Å². The molecule has 0 saturated carbocycles. The summed E-state index contributed by atoms with van der Waals surface area (Å²) in [5.74, 6) is 0.528. The number of hydrogen-bond donors (Lipinski definition) is 0. The molecule has 28 heavy (non-hydrogen) atoms. The van der Waals surface area contributed by atoms with Gasteiger partial charge in [-0.3, -0.25) is 4.99 Å². The normalized spacial score (nSPS) is 17.6. The van der Waals surface area contributed by atoms with E-state index in [4.69, 9.17) is 26.1 Å². The number of fused-ring (bicyclic) bond motifs is 3. The zero-order valence-corrected chi connectivity index (χ0v) is 16.3. The first-order valence-electron chi connectivity index (χ1n) is 9.34. The summed E-state index contributed by atoms with van der Waals surface area (Å²) in [5.41, 5.74) is 5.90. The van der Waals surface area contributed by atoms with Crippen molar-refractivity contribution in [3.63, 3.8) is 0 Å². The first-order valence-corrected chi connectivity index (χ1v) is 9.87. The fourth-order valence-corrected chi connectivity index (χ4v) is 3.96. The number of ether oxygens (including phenoxy) is 2. The summed E-state index contributed by atoms with van der Waals surface area (Å²) in [6, 6.07) is 16.5. The zero-order valence-electron chi connectivity index (χ0n) is 15.6. The van der Waals surface area contributed by atoms with Gasteiger partial charge in [-0.05, 0) is 19.1 Å². The van der Waals surface area contributed by atoms with Crippen molar-refractivity contribution in [1.82, 2.24) is 9.55 Å². The Bertz CT molecular complexity index is 1050. The number of benzene rings is 2. The molecule has 0 spiro atoms. The lowest BCUT2D eigenvalue weighted by molar-refractivity contribution is -0.149. The monoisotopic (exact) mass is 393 g/mol. The Balaban J connectivity index is 1.72. The van der Waals surface area contributed by atoms with Crippen molar-refractivity contribution in [2.75, 3.05) is 13.2 Å². The number of halogens is 1. The molecule has 3 aromatic rings. The van der Waals surface area contributed by atoms with Gasteiger partial charge in [-0.1, -0.05) is 36.4 Å². The summed E-state index contributed by atoms with van der Waals surface area (Å²) in [5, 5.41) is 0. The van der Waals surface area contributed by atoms with Gasteiger partial charge in [0.25, 0.3) is 0 Å². The number of imidazole rings is 1. The summed E-state index contributed by atoms with van der Waals surface area (Å²) in [6.07, 6.45) is 1.99. The molecular weight excluding hydrogens is 374 g/mol. The lowest BCUT2D eigenvalue weighted by atomic mass is 9.96. The van der Waals surface area contributed by atoms with Crippen LogP contribution in [0.25, 0.3) is 5.69 Å². The highest BCUT2D eigenvalue weighted by atomic mass is 35.5. The van der Waals surface area contributed by atoms with E-state index in [1.807, 2.05) is 31.3 Å². The predicted molar refractivity (Wildman–Crippen MR) is 108 cm³/mol. The Kier molecular flexibility index (Phi) is 4.31. The SMILES string of the molecule is CC1(c2ccc3c(c2)C(c2ccccc2)=NCc2nc(CCl)cn2-3)OCCO1. The molecule has 0 bridgehead atoms. The molecule has 0 N–H and O–H groups in total. The molecule has 0 amide bonds. The third-order valence-corrected chi connectivity index (χ3v) is 5.54. The standard InChI is InChI=1S/C22H20ClN3O2/c1-22(27-9-10-28-22)16-7-8-19-18(11-16)21(15-5-3-2-4-6-15)24-13-20-25-17(12-23)14-26(19)20/h2-8,11,14H,9-10,12-13H2,1H3. The average Bonchev–Trinajstić information content (AvgIpc) is 3.33. The van der Waals surface area contributed by atoms with Crippen molar-refractivity contribution in [3.8, 4) is 5.69 Å². The molecule has 0 unspecified atom stereocenters. The molecule has 3 heterocycles. The molecule has 0 atom stereocenters. The number of aliphatic imine (C=N–C) groups is 1. The number of rotatable bonds is 3. The van der Waals surface area contributed by atoms with E-state index in [2.05, 4.69) is 39.9 Å². The van der Waals surface area contributed by atoms with Gasteiger partial charge >= 0.3 is 0 Å². The highest BCUT2D eigenvalue weighted by Gasteiger charge is 2.34. The molecule has 1 saturated heterocycles. The quantitative estimate of drug-likeness (QED) is 0.627. The summed E-state index contributed by atoms with van der Waals surface area (Å²) >= 11 is 6.02. The summed E-state index contributed by atoms with van der Waals surface area (Å²) in [6.45, 7) is 3.65. The molecule has 2 aliphatic rings. The topological polar surface area (TPSA) is 48.6 Å². The molecule has 0 radical (unpaired) electrons. The maximum Gasteiger partial charge on any atom is 0.192 e. The Morgan fingerprint density at radius 3 is 2.64 bits per heavy atom. The molecule has 6 heteroatoms. The van der Waals surface area contributed by atoms with E-state index in [0.29, 0.717) is 25.6 Å². The Labute approximate surface area is 168 Å². The van der Waals surface area contributed by atoms with Crippen LogP contribution in [0.1, 0.15) is 35.1 Å². The predicted octanol–water partition coefficient (Wildman–Crippen LogP) is 4.18. The molecule has 1 fully saturated rings. The van der Waals surface area contributed by atoms with Gasteiger partial charge in [0.2, 0.25) is 0 Å². The third-order valence-electron chi connectivity index (χ3n) is 5.27. The van der Waals surface area contributed by atoms with Crippen LogP contribution in [0.5, 0.6) is 0 Å². The number of nitrogens with zero attached hydrogens (tertiary/aromatic N) is 3. The smallest absolute Gasteiger partial charge is 0.192 e. The Hall–Kier alpha value is -2.47. The highest BCUT2D eigenvalue weighted by Crippen LogP contribution is 2.34. The van der Waals surface area contributed by atoms with Crippen LogP contribution in [0.2, 0.25) is 0 Å². The van der Waals surface area contributed by atoms with Crippen LogP contribution in [0.3, 0.4) is 0 Å². The number of hydrogen-bond acceptors (Lipinski definition) is 4. The molecule has 5 nitrogen and oxygen atoms in total. The van der Waals surface area contributed by atoms with E-state index in [9.17, 15) is 0 Å². The zero-order chi connectivity index (χ0) is 19.1.